The van der Waals surface area contributed by atoms with E-state index < -0.39 is 33.7 Å². The Kier molecular flexibility index (Phi) is 6.19. The average Bonchev–Trinajstić information content (AvgIpc) is 2.44. The van der Waals surface area contributed by atoms with Crippen LogP contribution in [-0.2, 0) is 19.6 Å². The first-order valence-electron chi connectivity index (χ1n) is 7.15. The van der Waals surface area contributed by atoms with Gasteiger partial charge in [-0.2, -0.15) is 0 Å². The van der Waals surface area contributed by atoms with Crippen molar-refractivity contribution in [1.29, 1.82) is 0 Å². The molecule has 9 heteroatoms. The summed E-state index contributed by atoms with van der Waals surface area (Å²) in [7, 11) is -2.68. The Hall–Kier alpha value is -2.29. The normalized spacial score (nSPS) is 12.9. The van der Waals surface area contributed by atoms with Crippen molar-refractivity contribution in [3.8, 4) is 5.75 Å². The third-order valence-electron chi connectivity index (χ3n) is 2.71. The fourth-order valence-corrected chi connectivity index (χ4v) is 2.69. The van der Waals surface area contributed by atoms with E-state index in [4.69, 9.17) is 9.47 Å². The van der Waals surface area contributed by atoms with Gasteiger partial charge in [0.15, 0.2) is 0 Å². The summed E-state index contributed by atoms with van der Waals surface area (Å²) < 4.78 is 36.3. The van der Waals surface area contributed by atoms with Crippen LogP contribution in [-0.4, -0.2) is 39.2 Å². The molecule has 0 aliphatic rings. The Morgan fingerprint density at radius 3 is 2.38 bits per heavy atom. The van der Waals surface area contributed by atoms with Crippen LogP contribution in [0.3, 0.4) is 0 Å². The van der Waals surface area contributed by atoms with Crippen LogP contribution < -0.4 is 14.8 Å². The van der Waals surface area contributed by atoms with E-state index in [0.29, 0.717) is 5.75 Å². The van der Waals surface area contributed by atoms with Gasteiger partial charge in [-0.25, -0.2) is 17.9 Å². The fourth-order valence-electron chi connectivity index (χ4n) is 1.60. The molecule has 1 aromatic carbocycles. The van der Waals surface area contributed by atoms with Crippen LogP contribution in [0.2, 0.25) is 0 Å². The van der Waals surface area contributed by atoms with Gasteiger partial charge < -0.3 is 14.8 Å². The number of carbonyl (C=O) groups excluding carboxylic acids is 2. The summed E-state index contributed by atoms with van der Waals surface area (Å²) in [6, 6.07) is 4.57. The third kappa shape index (κ3) is 6.07. The van der Waals surface area contributed by atoms with E-state index in [1.54, 1.807) is 26.8 Å². The smallest absolute Gasteiger partial charge is 0.408 e. The minimum atomic E-state index is -4.08. The summed E-state index contributed by atoms with van der Waals surface area (Å²) in [6.45, 7) is 6.36. The molecule has 0 fully saturated rings. The first-order chi connectivity index (χ1) is 10.9. The van der Waals surface area contributed by atoms with Crippen molar-refractivity contribution in [3.63, 3.8) is 0 Å². The second kappa shape index (κ2) is 7.52. The van der Waals surface area contributed by atoms with Crippen molar-refractivity contribution >= 4 is 22.0 Å². The van der Waals surface area contributed by atoms with E-state index in [1.165, 1.54) is 32.2 Å². The number of alkyl carbamates (subject to hydrolysis) is 1. The molecule has 1 aromatic rings. The van der Waals surface area contributed by atoms with Crippen molar-refractivity contribution in [1.82, 2.24) is 10.0 Å². The number of rotatable bonds is 5. The lowest BCUT2D eigenvalue weighted by molar-refractivity contribution is -0.121. The Bertz CT molecular complexity index is 709. The first-order valence-corrected chi connectivity index (χ1v) is 8.63. The number of amides is 2. The van der Waals surface area contributed by atoms with E-state index in [9.17, 15) is 18.0 Å². The predicted molar refractivity (Wildman–Crippen MR) is 87.2 cm³/mol. The highest BCUT2D eigenvalue weighted by molar-refractivity contribution is 7.90. The van der Waals surface area contributed by atoms with Crippen molar-refractivity contribution in [2.75, 3.05) is 7.11 Å². The number of ether oxygens (including phenoxy) is 2. The number of sulfonamides is 1. The van der Waals surface area contributed by atoms with Crippen LogP contribution in [0.1, 0.15) is 27.7 Å². The van der Waals surface area contributed by atoms with E-state index in [0.717, 1.165) is 0 Å². The number of benzene rings is 1. The zero-order valence-corrected chi connectivity index (χ0v) is 15.1. The summed E-state index contributed by atoms with van der Waals surface area (Å²) in [5.74, 6) is -0.547. The van der Waals surface area contributed by atoms with Gasteiger partial charge in [0.05, 0.1) is 12.0 Å². The predicted octanol–water partition coefficient (Wildman–Crippen LogP) is 1.41. The second-order valence-electron chi connectivity index (χ2n) is 6.02. The zero-order valence-electron chi connectivity index (χ0n) is 14.2. The summed E-state index contributed by atoms with van der Waals surface area (Å²) in [4.78, 5) is 23.5. The molecule has 2 N–H and O–H groups in total. The van der Waals surface area contributed by atoms with Crippen LogP contribution in [0.5, 0.6) is 5.75 Å². The van der Waals surface area contributed by atoms with Crippen molar-refractivity contribution in [2.24, 2.45) is 0 Å². The monoisotopic (exact) mass is 358 g/mol. The van der Waals surface area contributed by atoms with Crippen LogP contribution in [0.25, 0.3) is 0 Å². The fraction of sp³-hybridized carbons (Fsp3) is 0.467. The highest BCUT2D eigenvalue weighted by Gasteiger charge is 2.25. The molecule has 1 rings (SSSR count). The van der Waals surface area contributed by atoms with Gasteiger partial charge in [0.2, 0.25) is 0 Å². The first kappa shape index (κ1) is 19.8. The number of hydrogen-bond donors (Lipinski definition) is 2. The minimum absolute atomic E-state index is 0.125. The number of methoxy groups -OCH3 is 1. The van der Waals surface area contributed by atoms with E-state index in [-0.39, 0.29) is 4.90 Å². The van der Waals surface area contributed by atoms with Crippen LogP contribution >= 0.6 is 0 Å². The molecule has 0 heterocycles. The van der Waals surface area contributed by atoms with Crippen LogP contribution in [0.15, 0.2) is 29.2 Å². The molecule has 0 saturated heterocycles. The average molecular weight is 358 g/mol. The number of nitrogens with one attached hydrogen (secondary N) is 2. The summed E-state index contributed by atoms with van der Waals surface area (Å²) in [5, 5.41) is 2.27. The third-order valence-corrected chi connectivity index (χ3v) is 4.06. The Labute approximate surface area is 141 Å². The molecule has 2 amide bonds. The van der Waals surface area contributed by atoms with Gasteiger partial charge in [-0.15, -0.1) is 0 Å². The highest BCUT2D eigenvalue weighted by Crippen LogP contribution is 2.16. The highest BCUT2D eigenvalue weighted by atomic mass is 32.2. The maximum absolute atomic E-state index is 12.2. The molecule has 134 valence electrons. The van der Waals surface area contributed by atoms with Crippen LogP contribution in [0, 0.1) is 0 Å². The zero-order chi connectivity index (χ0) is 18.5. The summed E-state index contributed by atoms with van der Waals surface area (Å²) >= 11 is 0. The molecule has 0 unspecified atom stereocenters. The Morgan fingerprint density at radius 2 is 1.83 bits per heavy atom. The molecule has 8 nitrogen and oxygen atoms in total. The molecule has 0 spiro atoms. The minimum Gasteiger partial charge on any atom is -0.497 e. The lowest BCUT2D eigenvalue weighted by Crippen LogP contribution is -2.47. The molecule has 0 aliphatic heterocycles. The molecular weight excluding hydrogens is 336 g/mol. The van der Waals surface area contributed by atoms with Gasteiger partial charge in [0.1, 0.15) is 17.4 Å². The lowest BCUT2D eigenvalue weighted by Gasteiger charge is -2.21. The van der Waals surface area contributed by atoms with E-state index in [2.05, 4.69) is 5.32 Å². The SMILES string of the molecule is COc1cccc(S(=O)(=O)NC(=O)[C@@H](C)NC(=O)OC(C)(C)C)c1. The van der Waals surface area contributed by atoms with Gasteiger partial charge >= 0.3 is 6.09 Å². The van der Waals surface area contributed by atoms with Crippen molar-refractivity contribution in [3.05, 3.63) is 24.3 Å². The molecule has 0 aromatic heterocycles. The summed E-state index contributed by atoms with van der Waals surface area (Å²) in [5.41, 5.74) is -0.729. The maximum atomic E-state index is 12.2. The number of carbonyl (C=O) groups is 2. The van der Waals surface area contributed by atoms with Crippen molar-refractivity contribution in [2.45, 2.75) is 44.2 Å². The Morgan fingerprint density at radius 1 is 1.21 bits per heavy atom. The van der Waals surface area contributed by atoms with E-state index >= 15 is 0 Å². The van der Waals surface area contributed by atoms with Crippen molar-refractivity contribution < 1.29 is 27.5 Å². The quantitative estimate of drug-likeness (QED) is 0.823. The van der Waals surface area contributed by atoms with Gasteiger partial charge in [0, 0.05) is 6.07 Å². The lowest BCUT2D eigenvalue weighted by atomic mass is 10.2. The molecule has 0 aliphatic carbocycles. The standard InChI is InChI=1S/C15H22N2O6S/c1-10(16-14(19)23-15(2,3)4)13(18)17-24(20,21)12-8-6-7-11(9-12)22-5/h6-10H,1-5H3,(H,16,19)(H,17,18)/t10-/m1/s1. The molecular formula is C15H22N2O6S. The van der Waals surface area contributed by atoms with Crippen LogP contribution in [0.4, 0.5) is 4.79 Å². The maximum Gasteiger partial charge on any atom is 0.408 e. The topological polar surface area (TPSA) is 111 Å². The summed E-state index contributed by atoms with van der Waals surface area (Å²) in [6.07, 6.45) is -0.816. The van der Waals surface area contributed by atoms with Gasteiger partial charge in [-0.1, -0.05) is 6.07 Å². The molecule has 0 bridgehead atoms. The Balaban J connectivity index is 2.76. The van der Waals surface area contributed by atoms with E-state index in [1.807, 2.05) is 4.72 Å². The second-order valence-corrected chi connectivity index (χ2v) is 7.70. The molecule has 1 atom stereocenters. The molecule has 24 heavy (non-hydrogen) atoms. The largest absolute Gasteiger partial charge is 0.497 e. The molecule has 0 radical (unpaired) electrons. The number of hydrogen-bond acceptors (Lipinski definition) is 6. The molecule has 0 saturated carbocycles. The van der Waals surface area contributed by atoms with Gasteiger partial charge in [0.25, 0.3) is 15.9 Å². The van der Waals surface area contributed by atoms with Gasteiger partial charge in [-0.3, -0.25) is 4.79 Å². The van der Waals surface area contributed by atoms with Gasteiger partial charge in [-0.05, 0) is 39.8 Å².